The van der Waals surface area contributed by atoms with Crippen molar-refractivity contribution in [3.8, 4) is 0 Å². The Morgan fingerprint density at radius 1 is 1.29 bits per heavy atom. The highest BCUT2D eigenvalue weighted by molar-refractivity contribution is 6.31. The first-order valence-electron chi connectivity index (χ1n) is 7.70. The molecule has 2 amide bonds. The molecule has 0 spiro atoms. The number of nitrogens with one attached hydrogen (secondary N) is 2. The fourth-order valence-electron chi connectivity index (χ4n) is 3.01. The molecule has 24 heavy (non-hydrogen) atoms. The van der Waals surface area contributed by atoms with Crippen molar-refractivity contribution >= 4 is 23.3 Å². The van der Waals surface area contributed by atoms with E-state index in [-0.39, 0.29) is 0 Å². The van der Waals surface area contributed by atoms with Crippen LogP contribution in [0.3, 0.4) is 0 Å². The lowest BCUT2D eigenvalue weighted by Gasteiger charge is -2.19. The fourth-order valence-corrected chi connectivity index (χ4v) is 3.24. The van der Waals surface area contributed by atoms with Crippen LogP contribution in [-0.4, -0.2) is 24.4 Å². The first kappa shape index (κ1) is 16.8. The highest BCUT2D eigenvalue weighted by Crippen LogP contribution is 2.31. The number of anilines is 1. The second-order valence-electron chi connectivity index (χ2n) is 5.75. The summed E-state index contributed by atoms with van der Waals surface area (Å²) >= 11 is 6.16. The maximum absolute atomic E-state index is 12.4. The minimum atomic E-state index is -0.633. The first-order chi connectivity index (χ1) is 11.6. The fraction of sp³-hybridized carbons (Fsp3) is 0.278. The molecule has 5 nitrogen and oxygen atoms in total. The number of carbonyl (C=O) groups is 1. The molecule has 0 bridgehead atoms. The molecular weight excluding hydrogens is 328 g/mol. The SMILES string of the molecule is COCc1c(Cl)cccc1NC(=O)N[C@H]1c2ccccc2C[C@H]1O. The molecule has 0 saturated heterocycles. The van der Waals surface area contributed by atoms with Crippen LogP contribution >= 0.6 is 11.6 Å². The van der Waals surface area contributed by atoms with Crippen LogP contribution in [0.25, 0.3) is 0 Å². The van der Waals surface area contributed by atoms with Gasteiger partial charge in [0.1, 0.15) is 0 Å². The minimum Gasteiger partial charge on any atom is -0.390 e. The molecule has 0 saturated carbocycles. The number of rotatable bonds is 4. The number of amides is 2. The van der Waals surface area contributed by atoms with E-state index < -0.39 is 18.2 Å². The van der Waals surface area contributed by atoms with E-state index in [1.165, 1.54) is 0 Å². The summed E-state index contributed by atoms with van der Waals surface area (Å²) in [5.41, 5.74) is 3.30. The van der Waals surface area contributed by atoms with E-state index in [1.54, 1.807) is 25.3 Å². The van der Waals surface area contributed by atoms with E-state index in [2.05, 4.69) is 10.6 Å². The monoisotopic (exact) mass is 346 g/mol. The van der Waals surface area contributed by atoms with Crippen LogP contribution in [0.2, 0.25) is 5.02 Å². The number of aliphatic hydroxyl groups excluding tert-OH is 1. The number of methoxy groups -OCH3 is 1. The van der Waals surface area contributed by atoms with Crippen molar-refractivity contribution in [3.63, 3.8) is 0 Å². The zero-order valence-corrected chi connectivity index (χ0v) is 14.0. The average Bonchev–Trinajstić information content (AvgIpc) is 2.87. The summed E-state index contributed by atoms with van der Waals surface area (Å²) in [4.78, 5) is 12.4. The average molecular weight is 347 g/mol. The summed E-state index contributed by atoms with van der Waals surface area (Å²) in [6, 6.07) is 12.2. The van der Waals surface area contributed by atoms with Crippen LogP contribution in [0.1, 0.15) is 22.7 Å². The summed E-state index contributed by atoms with van der Waals surface area (Å²) < 4.78 is 5.13. The predicted octanol–water partition coefficient (Wildman–Crippen LogP) is 3.27. The lowest BCUT2D eigenvalue weighted by Crippen LogP contribution is -2.37. The molecule has 1 aliphatic rings. The highest BCUT2D eigenvalue weighted by atomic mass is 35.5. The number of hydrogen-bond acceptors (Lipinski definition) is 3. The number of urea groups is 1. The summed E-state index contributed by atoms with van der Waals surface area (Å²) in [6.07, 6.45) is -0.0984. The van der Waals surface area contributed by atoms with Gasteiger partial charge in [-0.15, -0.1) is 0 Å². The van der Waals surface area contributed by atoms with Crippen molar-refractivity contribution in [2.45, 2.75) is 25.2 Å². The molecule has 126 valence electrons. The van der Waals surface area contributed by atoms with Crippen LogP contribution < -0.4 is 10.6 Å². The van der Waals surface area contributed by atoms with Gasteiger partial charge in [0.05, 0.1) is 18.8 Å². The third kappa shape index (κ3) is 3.38. The molecule has 0 radical (unpaired) electrons. The van der Waals surface area contributed by atoms with E-state index in [4.69, 9.17) is 16.3 Å². The molecule has 2 aromatic carbocycles. The molecular formula is C18H19ClN2O3. The molecule has 2 atom stereocenters. The van der Waals surface area contributed by atoms with E-state index in [0.717, 1.165) is 11.1 Å². The van der Waals surface area contributed by atoms with Crippen molar-refractivity contribution in [1.82, 2.24) is 5.32 Å². The molecule has 0 heterocycles. The minimum absolute atomic E-state index is 0.296. The van der Waals surface area contributed by atoms with E-state index in [9.17, 15) is 9.90 Å². The van der Waals surface area contributed by atoms with E-state index >= 15 is 0 Å². The molecule has 3 rings (SSSR count). The molecule has 0 unspecified atom stereocenters. The maximum atomic E-state index is 12.4. The van der Waals surface area contributed by atoms with Gasteiger partial charge in [0.25, 0.3) is 0 Å². The topological polar surface area (TPSA) is 70.6 Å². The largest absolute Gasteiger partial charge is 0.390 e. The van der Waals surface area contributed by atoms with E-state index in [0.29, 0.717) is 29.3 Å². The molecule has 3 N–H and O–H groups in total. The molecule has 0 aromatic heterocycles. The van der Waals surface area contributed by atoms with Gasteiger partial charge in [-0.2, -0.15) is 0 Å². The highest BCUT2D eigenvalue weighted by Gasteiger charge is 2.31. The van der Waals surface area contributed by atoms with Crippen LogP contribution in [0, 0.1) is 0 Å². The molecule has 2 aromatic rings. The van der Waals surface area contributed by atoms with E-state index in [1.807, 2.05) is 24.3 Å². The summed E-state index contributed by atoms with van der Waals surface area (Å²) in [5, 5.41) is 16.4. The van der Waals surface area contributed by atoms with Gasteiger partial charge in [-0.05, 0) is 23.3 Å². The summed E-state index contributed by atoms with van der Waals surface area (Å²) in [7, 11) is 1.57. The first-order valence-corrected chi connectivity index (χ1v) is 8.07. The Bertz CT molecular complexity index is 751. The van der Waals surface area contributed by atoms with Gasteiger partial charge >= 0.3 is 6.03 Å². The van der Waals surface area contributed by atoms with Gasteiger partial charge in [0, 0.05) is 29.8 Å². The zero-order chi connectivity index (χ0) is 17.1. The normalized spacial score (nSPS) is 19.0. The van der Waals surface area contributed by atoms with Gasteiger partial charge < -0.3 is 20.5 Å². The standard InChI is InChI=1S/C18H19ClN2O3/c1-24-10-13-14(19)7-4-8-15(13)20-18(23)21-17-12-6-3-2-5-11(12)9-16(17)22/h2-8,16-17,22H,9-10H2,1H3,(H2,20,21,23)/t16-,17+/m1/s1. The lowest BCUT2D eigenvalue weighted by molar-refractivity contribution is 0.144. The second kappa shape index (κ2) is 7.21. The molecule has 1 aliphatic carbocycles. The van der Waals surface area contributed by atoms with Crippen molar-refractivity contribution in [2.75, 3.05) is 12.4 Å². The smallest absolute Gasteiger partial charge is 0.319 e. The Morgan fingerprint density at radius 3 is 2.88 bits per heavy atom. The van der Waals surface area contributed by atoms with Crippen molar-refractivity contribution in [3.05, 3.63) is 64.2 Å². The van der Waals surface area contributed by atoms with Crippen molar-refractivity contribution in [1.29, 1.82) is 0 Å². The van der Waals surface area contributed by atoms with Gasteiger partial charge in [-0.25, -0.2) is 4.79 Å². The Balaban J connectivity index is 1.74. The Kier molecular flexibility index (Phi) is 5.04. The zero-order valence-electron chi connectivity index (χ0n) is 13.3. The number of aliphatic hydroxyl groups is 1. The number of benzene rings is 2. The summed E-state index contributed by atoms with van der Waals surface area (Å²) in [5.74, 6) is 0. The number of carbonyl (C=O) groups excluding carboxylic acids is 1. The molecule has 0 fully saturated rings. The quantitative estimate of drug-likeness (QED) is 0.795. The van der Waals surface area contributed by atoms with Crippen LogP contribution in [0.5, 0.6) is 0 Å². The van der Waals surface area contributed by atoms with Gasteiger partial charge in [0.15, 0.2) is 0 Å². The number of ether oxygens (including phenoxy) is 1. The number of halogens is 1. The lowest BCUT2D eigenvalue weighted by atomic mass is 10.1. The predicted molar refractivity (Wildman–Crippen MR) is 93.2 cm³/mol. The van der Waals surface area contributed by atoms with Crippen LogP contribution in [-0.2, 0) is 17.8 Å². The molecule has 0 aliphatic heterocycles. The number of fused-ring (bicyclic) bond motifs is 1. The third-order valence-corrected chi connectivity index (χ3v) is 4.50. The van der Waals surface area contributed by atoms with Crippen LogP contribution in [0.4, 0.5) is 10.5 Å². The third-order valence-electron chi connectivity index (χ3n) is 4.15. The second-order valence-corrected chi connectivity index (χ2v) is 6.15. The van der Waals surface area contributed by atoms with Crippen molar-refractivity contribution in [2.24, 2.45) is 0 Å². The Labute approximate surface area is 145 Å². The maximum Gasteiger partial charge on any atom is 0.319 e. The molecule has 6 heteroatoms. The number of hydrogen-bond donors (Lipinski definition) is 3. The van der Waals surface area contributed by atoms with Crippen LogP contribution in [0.15, 0.2) is 42.5 Å². The van der Waals surface area contributed by atoms with Gasteiger partial charge in [-0.3, -0.25) is 0 Å². The Hall–Kier alpha value is -2.08. The van der Waals surface area contributed by atoms with Crippen molar-refractivity contribution < 1.29 is 14.6 Å². The summed E-state index contributed by atoms with van der Waals surface area (Å²) in [6.45, 7) is 0.296. The Morgan fingerprint density at radius 2 is 2.08 bits per heavy atom. The van der Waals surface area contributed by atoms with Gasteiger partial charge in [0.2, 0.25) is 0 Å². The van der Waals surface area contributed by atoms with Gasteiger partial charge in [-0.1, -0.05) is 41.9 Å².